The molecule has 0 amide bonds. The predicted molar refractivity (Wildman–Crippen MR) is 82.0 cm³/mol. The van der Waals surface area contributed by atoms with Gasteiger partial charge >= 0.3 is 0 Å². The van der Waals surface area contributed by atoms with E-state index in [1.807, 2.05) is 12.1 Å². The Balaban J connectivity index is 1.57. The van der Waals surface area contributed by atoms with Crippen LogP contribution in [-0.4, -0.2) is 25.9 Å². The lowest BCUT2D eigenvalue weighted by Crippen LogP contribution is -2.21. The molecule has 3 nitrogen and oxygen atoms in total. The number of nitrogens with one attached hydrogen (secondary N) is 1. The minimum absolute atomic E-state index is 0.512. The summed E-state index contributed by atoms with van der Waals surface area (Å²) in [5.74, 6) is 0.887. The number of hydrogen-bond donors (Lipinski definition) is 1. The topological polar surface area (TPSA) is 30.5 Å². The fraction of sp³-hybridized carbons (Fsp3) is 0.529. The van der Waals surface area contributed by atoms with Crippen LogP contribution < -0.4 is 10.1 Å². The summed E-state index contributed by atoms with van der Waals surface area (Å²) in [7, 11) is 0. The highest BCUT2D eigenvalue weighted by Crippen LogP contribution is 2.20. The Morgan fingerprint density at radius 3 is 2.65 bits per heavy atom. The molecular formula is C17H25NO2. The van der Waals surface area contributed by atoms with E-state index in [1.165, 1.54) is 31.2 Å². The maximum atomic E-state index is 5.81. The van der Waals surface area contributed by atoms with Crippen molar-refractivity contribution < 1.29 is 9.47 Å². The van der Waals surface area contributed by atoms with Gasteiger partial charge in [0.1, 0.15) is 12.4 Å². The fourth-order valence-electron chi connectivity index (χ4n) is 2.44. The summed E-state index contributed by atoms with van der Waals surface area (Å²) in [5.41, 5.74) is 1.26. The van der Waals surface area contributed by atoms with Gasteiger partial charge in [-0.1, -0.05) is 37.6 Å². The largest absolute Gasteiger partial charge is 0.490 e. The summed E-state index contributed by atoms with van der Waals surface area (Å²) in [5, 5.41) is 3.41. The second-order valence-electron chi connectivity index (χ2n) is 5.20. The molecule has 1 aromatic rings. The third-order valence-electron chi connectivity index (χ3n) is 3.55. The van der Waals surface area contributed by atoms with E-state index in [-0.39, 0.29) is 0 Å². The molecule has 0 aliphatic heterocycles. The first-order valence-corrected chi connectivity index (χ1v) is 7.53. The molecular weight excluding hydrogens is 250 g/mol. The Labute approximate surface area is 122 Å². The van der Waals surface area contributed by atoms with Gasteiger partial charge in [0.15, 0.2) is 0 Å². The van der Waals surface area contributed by atoms with Crippen LogP contribution in [0, 0.1) is 0 Å². The zero-order valence-corrected chi connectivity index (χ0v) is 12.1. The smallest absolute Gasteiger partial charge is 0.119 e. The summed E-state index contributed by atoms with van der Waals surface area (Å²) >= 11 is 0. The van der Waals surface area contributed by atoms with Crippen molar-refractivity contribution >= 4 is 0 Å². The molecule has 3 heteroatoms. The van der Waals surface area contributed by atoms with Crippen LogP contribution in [0.3, 0.4) is 0 Å². The fourth-order valence-corrected chi connectivity index (χ4v) is 2.44. The van der Waals surface area contributed by atoms with Crippen molar-refractivity contribution in [1.82, 2.24) is 5.32 Å². The summed E-state index contributed by atoms with van der Waals surface area (Å²) in [6.45, 7) is 6.77. The molecule has 0 spiro atoms. The van der Waals surface area contributed by atoms with Crippen LogP contribution in [0.25, 0.3) is 0 Å². The van der Waals surface area contributed by atoms with Crippen molar-refractivity contribution in [3.8, 4) is 5.75 Å². The maximum absolute atomic E-state index is 5.81. The summed E-state index contributed by atoms with van der Waals surface area (Å²) < 4.78 is 11.3. The van der Waals surface area contributed by atoms with Crippen LogP contribution >= 0.6 is 0 Å². The minimum Gasteiger partial charge on any atom is -0.490 e. The molecule has 1 aliphatic rings. The monoisotopic (exact) mass is 275 g/mol. The predicted octanol–water partition coefficient (Wildman–Crippen LogP) is 3.30. The number of hydrogen-bond acceptors (Lipinski definition) is 3. The van der Waals surface area contributed by atoms with Crippen molar-refractivity contribution in [3.63, 3.8) is 0 Å². The molecule has 0 unspecified atom stereocenters. The molecule has 0 saturated heterocycles. The van der Waals surface area contributed by atoms with Gasteiger partial charge in [-0.25, -0.2) is 0 Å². The average molecular weight is 275 g/mol. The van der Waals surface area contributed by atoms with E-state index in [4.69, 9.17) is 9.47 Å². The van der Waals surface area contributed by atoms with Gasteiger partial charge in [-0.3, -0.25) is 0 Å². The quantitative estimate of drug-likeness (QED) is 0.554. The lowest BCUT2D eigenvalue weighted by molar-refractivity contribution is 0.0603. The van der Waals surface area contributed by atoms with Crippen molar-refractivity contribution in [2.45, 2.75) is 38.3 Å². The number of benzene rings is 1. The second-order valence-corrected chi connectivity index (χ2v) is 5.20. The molecule has 0 heterocycles. The standard InChI is InChI=1S/C17H25NO2/c1-2-12-19-17-9-7-15(8-10-17)14-18-11-13-20-16-5-3-4-6-16/h2,7-10,16,18H,1,3-6,11-14H2. The van der Waals surface area contributed by atoms with Gasteiger partial charge in [-0.05, 0) is 30.5 Å². The van der Waals surface area contributed by atoms with E-state index in [0.29, 0.717) is 12.7 Å². The van der Waals surface area contributed by atoms with Crippen LogP contribution in [0.15, 0.2) is 36.9 Å². The summed E-state index contributed by atoms with van der Waals surface area (Å²) in [6.07, 6.45) is 7.41. The third-order valence-corrected chi connectivity index (χ3v) is 3.55. The van der Waals surface area contributed by atoms with Crippen LogP contribution in [-0.2, 0) is 11.3 Å². The van der Waals surface area contributed by atoms with Crippen LogP contribution in [0.5, 0.6) is 5.75 Å². The Morgan fingerprint density at radius 1 is 1.20 bits per heavy atom. The number of rotatable bonds is 9. The molecule has 20 heavy (non-hydrogen) atoms. The zero-order chi connectivity index (χ0) is 14.0. The molecule has 1 aromatic carbocycles. The molecule has 0 atom stereocenters. The highest BCUT2D eigenvalue weighted by atomic mass is 16.5. The van der Waals surface area contributed by atoms with Gasteiger partial charge in [-0.2, -0.15) is 0 Å². The summed E-state index contributed by atoms with van der Waals surface area (Å²) in [6, 6.07) is 8.16. The van der Waals surface area contributed by atoms with Crippen LogP contribution in [0.4, 0.5) is 0 Å². The molecule has 1 fully saturated rings. The Bertz CT molecular complexity index is 382. The van der Waals surface area contributed by atoms with E-state index < -0.39 is 0 Å². The van der Waals surface area contributed by atoms with E-state index in [0.717, 1.165) is 25.4 Å². The van der Waals surface area contributed by atoms with Gasteiger partial charge in [0.25, 0.3) is 0 Å². The SMILES string of the molecule is C=CCOc1ccc(CNCCOC2CCCC2)cc1. The Hall–Kier alpha value is -1.32. The van der Waals surface area contributed by atoms with E-state index in [9.17, 15) is 0 Å². The molecule has 110 valence electrons. The van der Waals surface area contributed by atoms with Crippen molar-refractivity contribution in [2.75, 3.05) is 19.8 Å². The highest BCUT2D eigenvalue weighted by Gasteiger charge is 2.14. The normalized spacial score (nSPS) is 15.4. The Morgan fingerprint density at radius 2 is 1.95 bits per heavy atom. The molecule has 0 radical (unpaired) electrons. The molecule has 0 bridgehead atoms. The highest BCUT2D eigenvalue weighted by molar-refractivity contribution is 5.27. The van der Waals surface area contributed by atoms with Gasteiger partial charge in [0, 0.05) is 13.1 Å². The second kappa shape index (κ2) is 8.77. The molecule has 0 aromatic heterocycles. The van der Waals surface area contributed by atoms with Gasteiger partial charge < -0.3 is 14.8 Å². The first-order valence-electron chi connectivity index (χ1n) is 7.53. The van der Waals surface area contributed by atoms with E-state index in [2.05, 4.69) is 24.0 Å². The van der Waals surface area contributed by atoms with Crippen molar-refractivity contribution in [2.24, 2.45) is 0 Å². The lowest BCUT2D eigenvalue weighted by atomic mass is 10.2. The van der Waals surface area contributed by atoms with Crippen LogP contribution in [0.1, 0.15) is 31.2 Å². The van der Waals surface area contributed by atoms with Crippen molar-refractivity contribution in [3.05, 3.63) is 42.5 Å². The third kappa shape index (κ3) is 5.35. The van der Waals surface area contributed by atoms with Crippen LogP contribution in [0.2, 0.25) is 0 Å². The van der Waals surface area contributed by atoms with Gasteiger partial charge in [0.05, 0.1) is 12.7 Å². The minimum atomic E-state index is 0.512. The lowest BCUT2D eigenvalue weighted by Gasteiger charge is -2.11. The molecule has 1 N–H and O–H groups in total. The maximum Gasteiger partial charge on any atom is 0.119 e. The van der Waals surface area contributed by atoms with E-state index in [1.54, 1.807) is 6.08 Å². The first kappa shape index (κ1) is 15.1. The van der Waals surface area contributed by atoms with Gasteiger partial charge in [0.2, 0.25) is 0 Å². The summed E-state index contributed by atoms with van der Waals surface area (Å²) in [4.78, 5) is 0. The molecule has 2 rings (SSSR count). The zero-order valence-electron chi connectivity index (χ0n) is 12.1. The molecule has 1 aliphatic carbocycles. The van der Waals surface area contributed by atoms with E-state index >= 15 is 0 Å². The van der Waals surface area contributed by atoms with Gasteiger partial charge in [-0.15, -0.1) is 0 Å². The molecule has 1 saturated carbocycles. The first-order chi connectivity index (χ1) is 9.88. The Kier molecular flexibility index (Phi) is 6.61. The average Bonchev–Trinajstić information content (AvgIpc) is 2.99. The number of ether oxygens (including phenoxy) is 2. The van der Waals surface area contributed by atoms with Crippen molar-refractivity contribution in [1.29, 1.82) is 0 Å².